The van der Waals surface area contributed by atoms with Gasteiger partial charge >= 0.3 is 0 Å². The van der Waals surface area contributed by atoms with E-state index in [2.05, 4.69) is 24.8 Å². The quantitative estimate of drug-likeness (QED) is 0.659. The fraction of sp³-hybridized carbons (Fsp3) is 0.450. The Labute approximate surface area is 174 Å². The maximum atomic E-state index is 12.9. The second-order valence-electron chi connectivity index (χ2n) is 7.34. The van der Waals surface area contributed by atoms with Crippen molar-refractivity contribution < 1.29 is 4.79 Å². The summed E-state index contributed by atoms with van der Waals surface area (Å²) in [7, 11) is 0. The molecule has 1 saturated heterocycles. The van der Waals surface area contributed by atoms with Crippen molar-refractivity contribution >= 4 is 23.1 Å². The SMILES string of the molecule is Cc1nc(N2CCN(C(=O)c3sc(C)nc3C)CC2)cc(-n2cnc(C)c2C)n1. The Bertz CT molecular complexity index is 1060. The topological polar surface area (TPSA) is 80.0 Å². The Kier molecular flexibility index (Phi) is 5.08. The van der Waals surface area contributed by atoms with E-state index in [9.17, 15) is 4.79 Å². The summed E-state index contributed by atoms with van der Waals surface area (Å²) in [6.45, 7) is 12.6. The molecule has 1 fully saturated rings. The summed E-state index contributed by atoms with van der Waals surface area (Å²) in [6, 6.07) is 2.00. The van der Waals surface area contributed by atoms with Crippen LogP contribution < -0.4 is 4.90 Å². The van der Waals surface area contributed by atoms with Gasteiger partial charge in [0.05, 0.1) is 16.4 Å². The van der Waals surface area contributed by atoms with E-state index in [1.807, 2.05) is 50.2 Å². The minimum Gasteiger partial charge on any atom is -0.353 e. The predicted molar refractivity (Wildman–Crippen MR) is 113 cm³/mol. The minimum atomic E-state index is 0.0804. The molecule has 29 heavy (non-hydrogen) atoms. The van der Waals surface area contributed by atoms with Gasteiger partial charge in [-0.1, -0.05) is 0 Å². The number of rotatable bonds is 3. The van der Waals surface area contributed by atoms with Gasteiger partial charge in [0.1, 0.15) is 28.7 Å². The maximum Gasteiger partial charge on any atom is 0.265 e. The largest absolute Gasteiger partial charge is 0.353 e. The Morgan fingerprint density at radius 2 is 1.62 bits per heavy atom. The molecule has 0 radical (unpaired) electrons. The first kappa shape index (κ1) is 19.5. The summed E-state index contributed by atoms with van der Waals surface area (Å²) in [5.74, 6) is 2.50. The van der Waals surface area contributed by atoms with Crippen LogP contribution in [0, 0.1) is 34.6 Å². The van der Waals surface area contributed by atoms with Crippen LogP contribution in [0.25, 0.3) is 5.82 Å². The van der Waals surface area contributed by atoms with Crippen molar-refractivity contribution in [3.8, 4) is 5.82 Å². The van der Waals surface area contributed by atoms with Crippen LogP contribution in [0.4, 0.5) is 5.82 Å². The number of hydrogen-bond donors (Lipinski definition) is 0. The third-order valence-electron chi connectivity index (χ3n) is 5.30. The van der Waals surface area contributed by atoms with Crippen LogP contribution in [0.1, 0.15) is 37.6 Å². The number of anilines is 1. The number of carbonyl (C=O) groups excluding carboxylic acids is 1. The normalized spacial score (nSPS) is 14.5. The average Bonchev–Trinajstić information content (AvgIpc) is 3.21. The second kappa shape index (κ2) is 7.55. The molecule has 3 aromatic rings. The van der Waals surface area contributed by atoms with Crippen molar-refractivity contribution in [2.45, 2.75) is 34.6 Å². The Morgan fingerprint density at radius 1 is 0.931 bits per heavy atom. The second-order valence-corrected chi connectivity index (χ2v) is 8.55. The highest BCUT2D eigenvalue weighted by Crippen LogP contribution is 2.22. The molecule has 3 aromatic heterocycles. The van der Waals surface area contributed by atoms with E-state index in [-0.39, 0.29) is 5.91 Å². The van der Waals surface area contributed by atoms with Crippen LogP contribution in [0.3, 0.4) is 0 Å². The number of carbonyl (C=O) groups is 1. The molecule has 0 spiro atoms. The fourth-order valence-corrected chi connectivity index (χ4v) is 4.45. The van der Waals surface area contributed by atoms with Crippen molar-refractivity contribution in [1.82, 2.24) is 29.4 Å². The lowest BCUT2D eigenvalue weighted by molar-refractivity contribution is 0.0750. The van der Waals surface area contributed by atoms with Gasteiger partial charge in [0, 0.05) is 37.9 Å². The first-order chi connectivity index (χ1) is 13.8. The van der Waals surface area contributed by atoms with Crippen LogP contribution in [0.2, 0.25) is 0 Å². The smallest absolute Gasteiger partial charge is 0.265 e. The van der Waals surface area contributed by atoms with Crippen molar-refractivity contribution in [3.63, 3.8) is 0 Å². The van der Waals surface area contributed by atoms with Gasteiger partial charge in [0.2, 0.25) is 0 Å². The molecular formula is C20H25N7OS. The van der Waals surface area contributed by atoms with E-state index in [0.717, 1.165) is 57.5 Å². The van der Waals surface area contributed by atoms with Crippen molar-refractivity contribution in [2.24, 2.45) is 0 Å². The maximum absolute atomic E-state index is 12.9. The average molecular weight is 412 g/mol. The Morgan fingerprint density at radius 3 is 2.21 bits per heavy atom. The van der Waals surface area contributed by atoms with E-state index in [1.54, 1.807) is 6.33 Å². The molecule has 4 rings (SSSR count). The lowest BCUT2D eigenvalue weighted by Crippen LogP contribution is -2.49. The molecule has 0 unspecified atom stereocenters. The molecule has 0 aromatic carbocycles. The van der Waals surface area contributed by atoms with Gasteiger partial charge in [-0.15, -0.1) is 11.3 Å². The number of piperazine rings is 1. The summed E-state index contributed by atoms with van der Waals surface area (Å²) in [5.41, 5.74) is 2.88. The summed E-state index contributed by atoms with van der Waals surface area (Å²) in [5, 5.41) is 0.929. The standard InChI is InChI=1S/C20H25N7OS/c1-12-14(3)27(11-21-12)18-10-17(23-15(4)24-18)25-6-8-26(9-7-25)20(28)19-13(2)22-16(5)29-19/h10-11H,6-9H2,1-5H3. The fourth-order valence-electron chi connectivity index (χ4n) is 3.56. The molecule has 0 N–H and O–H groups in total. The van der Waals surface area contributed by atoms with Crippen LogP contribution in [-0.4, -0.2) is 61.5 Å². The lowest BCUT2D eigenvalue weighted by Gasteiger charge is -2.35. The zero-order chi connectivity index (χ0) is 20.7. The van der Waals surface area contributed by atoms with Crippen molar-refractivity contribution in [2.75, 3.05) is 31.1 Å². The molecule has 4 heterocycles. The number of hydrogen-bond acceptors (Lipinski definition) is 7. The highest BCUT2D eigenvalue weighted by molar-refractivity contribution is 7.13. The van der Waals surface area contributed by atoms with Gasteiger partial charge in [-0.2, -0.15) is 0 Å². The molecular weight excluding hydrogens is 386 g/mol. The highest BCUT2D eigenvalue weighted by Gasteiger charge is 2.26. The van der Waals surface area contributed by atoms with Gasteiger partial charge in [-0.3, -0.25) is 9.36 Å². The van der Waals surface area contributed by atoms with Gasteiger partial charge < -0.3 is 9.80 Å². The van der Waals surface area contributed by atoms with Crippen LogP contribution in [0.15, 0.2) is 12.4 Å². The summed E-state index contributed by atoms with van der Waals surface area (Å²) >= 11 is 1.47. The van der Waals surface area contributed by atoms with E-state index < -0.39 is 0 Å². The first-order valence-corrected chi connectivity index (χ1v) is 10.5. The summed E-state index contributed by atoms with van der Waals surface area (Å²) in [4.78, 5) is 35.7. The Balaban J connectivity index is 1.51. The third kappa shape index (κ3) is 3.74. The van der Waals surface area contributed by atoms with Crippen molar-refractivity contribution in [3.05, 3.63) is 45.2 Å². The van der Waals surface area contributed by atoms with E-state index in [4.69, 9.17) is 0 Å². The zero-order valence-corrected chi connectivity index (χ0v) is 18.2. The molecule has 0 aliphatic carbocycles. The predicted octanol–water partition coefficient (Wildman–Crippen LogP) is 2.62. The van der Waals surface area contributed by atoms with Crippen LogP contribution >= 0.6 is 11.3 Å². The first-order valence-electron chi connectivity index (χ1n) is 9.68. The molecule has 0 saturated carbocycles. The number of imidazole rings is 1. The van der Waals surface area contributed by atoms with Gasteiger partial charge in [0.25, 0.3) is 5.91 Å². The summed E-state index contributed by atoms with van der Waals surface area (Å²) < 4.78 is 1.99. The lowest BCUT2D eigenvalue weighted by atomic mass is 10.2. The zero-order valence-electron chi connectivity index (χ0n) is 17.4. The van der Waals surface area contributed by atoms with Gasteiger partial charge in [0.15, 0.2) is 0 Å². The van der Waals surface area contributed by atoms with Gasteiger partial charge in [-0.05, 0) is 34.6 Å². The summed E-state index contributed by atoms with van der Waals surface area (Å²) in [6.07, 6.45) is 1.80. The molecule has 8 nitrogen and oxygen atoms in total. The number of amides is 1. The molecule has 9 heteroatoms. The van der Waals surface area contributed by atoms with Gasteiger partial charge in [-0.25, -0.2) is 19.9 Å². The molecule has 0 bridgehead atoms. The van der Waals surface area contributed by atoms with Crippen molar-refractivity contribution in [1.29, 1.82) is 0 Å². The molecule has 0 atom stereocenters. The molecule has 1 amide bonds. The monoisotopic (exact) mass is 411 g/mol. The van der Waals surface area contributed by atoms with E-state index in [0.29, 0.717) is 13.1 Å². The number of nitrogens with zero attached hydrogens (tertiary/aromatic N) is 7. The number of aromatic nitrogens is 5. The third-order valence-corrected chi connectivity index (χ3v) is 6.36. The van der Waals surface area contributed by atoms with Crippen LogP contribution in [0.5, 0.6) is 0 Å². The van der Waals surface area contributed by atoms with E-state index in [1.165, 1.54) is 11.3 Å². The molecule has 1 aliphatic heterocycles. The minimum absolute atomic E-state index is 0.0804. The van der Waals surface area contributed by atoms with E-state index >= 15 is 0 Å². The molecule has 152 valence electrons. The Hall–Kier alpha value is -2.81. The number of thiazole rings is 1. The number of aryl methyl sites for hydroxylation is 4. The van der Waals surface area contributed by atoms with Crippen LogP contribution in [-0.2, 0) is 0 Å². The highest BCUT2D eigenvalue weighted by atomic mass is 32.1. The molecule has 1 aliphatic rings.